The van der Waals surface area contributed by atoms with Crippen LogP contribution in [0.1, 0.15) is 5.56 Å². The van der Waals surface area contributed by atoms with Gasteiger partial charge in [0.25, 0.3) is 5.91 Å². The summed E-state index contributed by atoms with van der Waals surface area (Å²) in [5.74, 6) is 0.0932. The van der Waals surface area contributed by atoms with Crippen LogP contribution in [0, 0.1) is 0 Å². The van der Waals surface area contributed by atoms with Crippen LogP contribution in [0.2, 0.25) is 5.02 Å². The SMILES string of the molecule is COc1ccc(/C=C2\NC(=O)NC2=O)cc1Cl. The molecular weight excluding hydrogens is 244 g/mol. The number of ether oxygens (including phenoxy) is 1. The second-order valence-corrected chi connectivity index (χ2v) is 3.77. The summed E-state index contributed by atoms with van der Waals surface area (Å²) >= 11 is 5.94. The van der Waals surface area contributed by atoms with E-state index in [1.807, 2.05) is 0 Å². The number of benzene rings is 1. The van der Waals surface area contributed by atoms with Crippen molar-refractivity contribution < 1.29 is 14.3 Å². The first-order valence-electron chi connectivity index (χ1n) is 4.77. The van der Waals surface area contributed by atoms with Gasteiger partial charge in [0, 0.05) is 0 Å². The van der Waals surface area contributed by atoms with Gasteiger partial charge < -0.3 is 10.1 Å². The quantitative estimate of drug-likeness (QED) is 0.620. The van der Waals surface area contributed by atoms with Gasteiger partial charge in [-0.25, -0.2) is 4.79 Å². The molecule has 0 bridgehead atoms. The molecular formula is C11H9ClN2O3. The van der Waals surface area contributed by atoms with Gasteiger partial charge >= 0.3 is 6.03 Å². The molecule has 1 aliphatic rings. The van der Waals surface area contributed by atoms with Crippen LogP contribution in [-0.4, -0.2) is 19.0 Å². The standard InChI is InChI=1S/C11H9ClN2O3/c1-17-9-3-2-6(4-7(9)12)5-8-10(15)14-11(16)13-8/h2-5H,1H3,(H2,13,14,15,16)/b8-5-. The van der Waals surface area contributed by atoms with Gasteiger partial charge in [-0.15, -0.1) is 0 Å². The van der Waals surface area contributed by atoms with Crippen LogP contribution in [0.3, 0.4) is 0 Å². The monoisotopic (exact) mass is 252 g/mol. The third-order valence-electron chi connectivity index (χ3n) is 2.21. The number of amides is 3. The topological polar surface area (TPSA) is 67.4 Å². The number of carbonyl (C=O) groups excluding carboxylic acids is 2. The fourth-order valence-corrected chi connectivity index (χ4v) is 1.69. The van der Waals surface area contributed by atoms with Gasteiger partial charge in [0.2, 0.25) is 0 Å². The molecule has 3 amide bonds. The summed E-state index contributed by atoms with van der Waals surface area (Å²) in [5.41, 5.74) is 0.888. The smallest absolute Gasteiger partial charge is 0.326 e. The number of nitrogens with one attached hydrogen (secondary N) is 2. The highest BCUT2D eigenvalue weighted by atomic mass is 35.5. The lowest BCUT2D eigenvalue weighted by Crippen LogP contribution is -2.22. The van der Waals surface area contributed by atoms with Crippen LogP contribution in [0.5, 0.6) is 5.75 Å². The van der Waals surface area contributed by atoms with Crippen molar-refractivity contribution in [1.29, 1.82) is 0 Å². The zero-order chi connectivity index (χ0) is 12.4. The Kier molecular flexibility index (Phi) is 3.01. The van der Waals surface area contributed by atoms with E-state index < -0.39 is 11.9 Å². The minimum absolute atomic E-state index is 0.191. The molecule has 0 unspecified atom stereocenters. The number of hydrogen-bond acceptors (Lipinski definition) is 3. The van der Waals surface area contributed by atoms with Crippen LogP contribution < -0.4 is 15.4 Å². The molecule has 0 radical (unpaired) electrons. The van der Waals surface area contributed by atoms with E-state index in [9.17, 15) is 9.59 Å². The lowest BCUT2D eigenvalue weighted by atomic mass is 10.2. The second kappa shape index (κ2) is 4.47. The summed E-state index contributed by atoms with van der Waals surface area (Å²) in [6, 6.07) is 4.53. The lowest BCUT2D eigenvalue weighted by molar-refractivity contribution is -0.115. The zero-order valence-corrected chi connectivity index (χ0v) is 9.67. The van der Waals surface area contributed by atoms with Gasteiger partial charge in [0.1, 0.15) is 11.4 Å². The van der Waals surface area contributed by atoms with E-state index in [4.69, 9.17) is 16.3 Å². The molecule has 2 rings (SSSR count). The maximum absolute atomic E-state index is 11.3. The van der Waals surface area contributed by atoms with Crippen LogP contribution >= 0.6 is 11.6 Å². The third kappa shape index (κ3) is 2.39. The summed E-state index contributed by atoms with van der Waals surface area (Å²) < 4.78 is 5.01. The number of carbonyl (C=O) groups is 2. The van der Waals surface area contributed by atoms with Crippen LogP contribution in [-0.2, 0) is 4.79 Å². The number of hydrogen-bond donors (Lipinski definition) is 2. The van der Waals surface area contributed by atoms with Gasteiger partial charge in [-0.05, 0) is 23.8 Å². The van der Waals surface area contributed by atoms with Gasteiger partial charge in [-0.1, -0.05) is 17.7 Å². The predicted octanol–water partition coefficient (Wildman–Crippen LogP) is 1.53. The highest BCUT2D eigenvalue weighted by molar-refractivity contribution is 6.32. The Morgan fingerprint density at radius 1 is 1.29 bits per heavy atom. The van der Waals surface area contributed by atoms with E-state index in [1.54, 1.807) is 18.2 Å². The molecule has 0 aromatic heterocycles. The predicted molar refractivity (Wildman–Crippen MR) is 62.7 cm³/mol. The molecule has 6 heteroatoms. The first-order valence-corrected chi connectivity index (χ1v) is 5.15. The first kappa shape index (κ1) is 11.5. The normalized spacial score (nSPS) is 16.9. The second-order valence-electron chi connectivity index (χ2n) is 3.36. The Morgan fingerprint density at radius 3 is 2.59 bits per heavy atom. The summed E-state index contributed by atoms with van der Waals surface area (Å²) in [7, 11) is 1.52. The van der Waals surface area contributed by atoms with Crippen molar-refractivity contribution in [2.24, 2.45) is 0 Å². The molecule has 88 valence electrons. The molecule has 1 aromatic rings. The summed E-state index contributed by atoms with van der Waals surface area (Å²) in [4.78, 5) is 22.2. The minimum atomic E-state index is -0.527. The molecule has 1 saturated heterocycles. The zero-order valence-electron chi connectivity index (χ0n) is 8.91. The minimum Gasteiger partial charge on any atom is -0.495 e. The molecule has 1 aliphatic heterocycles. The Balaban J connectivity index is 2.30. The highest BCUT2D eigenvalue weighted by Crippen LogP contribution is 2.25. The van der Waals surface area contributed by atoms with Gasteiger partial charge in [-0.3, -0.25) is 10.1 Å². The van der Waals surface area contributed by atoms with Crippen LogP contribution in [0.25, 0.3) is 6.08 Å². The van der Waals surface area contributed by atoms with Gasteiger partial charge in [0.05, 0.1) is 12.1 Å². The van der Waals surface area contributed by atoms with E-state index in [2.05, 4.69) is 10.6 Å². The van der Waals surface area contributed by atoms with E-state index >= 15 is 0 Å². The summed E-state index contributed by atoms with van der Waals surface area (Å²) in [6.45, 7) is 0. The molecule has 0 saturated carbocycles. The largest absolute Gasteiger partial charge is 0.495 e. The van der Waals surface area contributed by atoms with Crippen molar-refractivity contribution >= 4 is 29.6 Å². The maximum Gasteiger partial charge on any atom is 0.326 e. The first-order chi connectivity index (χ1) is 8.10. The number of methoxy groups -OCH3 is 1. The Morgan fingerprint density at radius 2 is 2.06 bits per heavy atom. The average Bonchev–Trinajstić information content (AvgIpc) is 2.58. The number of imide groups is 1. The Labute approximate surface area is 102 Å². The molecule has 1 fully saturated rings. The number of halogens is 1. The van der Waals surface area contributed by atoms with Crippen LogP contribution in [0.15, 0.2) is 23.9 Å². The molecule has 5 nitrogen and oxygen atoms in total. The van der Waals surface area contributed by atoms with Gasteiger partial charge in [-0.2, -0.15) is 0 Å². The van der Waals surface area contributed by atoms with Crippen molar-refractivity contribution in [2.75, 3.05) is 7.11 Å². The van der Waals surface area contributed by atoms with Gasteiger partial charge in [0.15, 0.2) is 0 Å². The fourth-order valence-electron chi connectivity index (χ4n) is 1.42. The summed E-state index contributed by atoms with van der Waals surface area (Å²) in [6.07, 6.45) is 1.53. The number of rotatable bonds is 2. The van der Waals surface area contributed by atoms with Crippen LogP contribution in [0.4, 0.5) is 4.79 Å². The van der Waals surface area contributed by atoms with E-state index in [0.717, 1.165) is 0 Å². The van der Waals surface area contributed by atoms with E-state index in [-0.39, 0.29) is 5.70 Å². The highest BCUT2D eigenvalue weighted by Gasteiger charge is 2.22. The van der Waals surface area contributed by atoms with Crippen molar-refractivity contribution in [2.45, 2.75) is 0 Å². The third-order valence-corrected chi connectivity index (χ3v) is 2.50. The van der Waals surface area contributed by atoms with Crippen molar-refractivity contribution in [1.82, 2.24) is 10.6 Å². The van der Waals surface area contributed by atoms with Crippen molar-refractivity contribution in [3.05, 3.63) is 34.5 Å². The average molecular weight is 253 g/mol. The molecule has 1 heterocycles. The van der Waals surface area contributed by atoms with Crippen molar-refractivity contribution in [3.63, 3.8) is 0 Å². The van der Waals surface area contributed by atoms with E-state index in [0.29, 0.717) is 16.3 Å². The molecule has 0 spiro atoms. The number of urea groups is 1. The molecule has 0 atom stereocenters. The molecule has 17 heavy (non-hydrogen) atoms. The fraction of sp³-hybridized carbons (Fsp3) is 0.0909. The van der Waals surface area contributed by atoms with E-state index in [1.165, 1.54) is 13.2 Å². The molecule has 2 N–H and O–H groups in total. The van der Waals surface area contributed by atoms with Crippen molar-refractivity contribution in [3.8, 4) is 5.75 Å². The Hall–Kier alpha value is -2.01. The molecule has 0 aliphatic carbocycles. The Bertz CT molecular complexity index is 525. The lowest BCUT2D eigenvalue weighted by Gasteiger charge is -2.03. The maximum atomic E-state index is 11.3. The molecule has 1 aromatic carbocycles. The summed E-state index contributed by atoms with van der Waals surface area (Å²) in [5, 5.41) is 4.93.